The maximum Gasteiger partial charge on any atom is 0.0878 e. The topological polar surface area (TPSA) is 24.4 Å². The fourth-order valence-corrected chi connectivity index (χ4v) is 0.285. The van der Waals surface area contributed by atoms with Gasteiger partial charge in [0, 0.05) is 6.21 Å². The summed E-state index contributed by atoms with van der Waals surface area (Å²) in [7, 11) is 1.88. The predicted molar refractivity (Wildman–Crippen MR) is 32.7 cm³/mol. The molecule has 0 amide bonds. The van der Waals surface area contributed by atoms with Crippen LogP contribution in [0.4, 0.5) is 0 Å². The first-order valence-corrected chi connectivity index (χ1v) is 2.54. The Hall–Kier alpha value is -0.370. The summed E-state index contributed by atoms with van der Waals surface area (Å²) in [5, 5.41) is 2.90. The molecule has 1 N–H and O–H groups in total. The number of nitrogens with zero attached hydrogens (tertiary/aromatic N) is 1. The standard InChI is InChI=1S/C5H12N2/c1-3-4-7-5-6-2/h4,6H,3,5H2,1-2H3. The predicted octanol–water partition coefficient (Wildman–Crippen LogP) is 0.644. The zero-order chi connectivity index (χ0) is 5.54. The number of nitrogens with one attached hydrogen (secondary N) is 1. The first kappa shape index (κ1) is 6.63. The summed E-state index contributed by atoms with van der Waals surface area (Å²) in [6.45, 7) is 2.81. The Morgan fingerprint density at radius 3 is 2.86 bits per heavy atom. The number of hydrogen-bond acceptors (Lipinski definition) is 2. The Balaban J connectivity index is 2.78. The summed E-state index contributed by atoms with van der Waals surface area (Å²) in [5.41, 5.74) is 0. The van der Waals surface area contributed by atoms with Crippen LogP contribution in [0.5, 0.6) is 0 Å². The highest BCUT2D eigenvalue weighted by Crippen LogP contribution is 1.65. The van der Waals surface area contributed by atoms with Crippen LogP contribution in [0.15, 0.2) is 4.99 Å². The van der Waals surface area contributed by atoms with Crippen LogP contribution in [0.3, 0.4) is 0 Å². The van der Waals surface area contributed by atoms with Gasteiger partial charge in [0.05, 0.1) is 6.67 Å². The molecule has 0 spiro atoms. The minimum Gasteiger partial charge on any atom is -0.301 e. The van der Waals surface area contributed by atoms with Crippen molar-refractivity contribution < 1.29 is 0 Å². The zero-order valence-corrected chi connectivity index (χ0v) is 4.94. The van der Waals surface area contributed by atoms with Gasteiger partial charge in [-0.25, -0.2) is 0 Å². The van der Waals surface area contributed by atoms with E-state index in [9.17, 15) is 0 Å². The summed E-state index contributed by atoms with van der Waals surface area (Å²) in [6, 6.07) is 0. The van der Waals surface area contributed by atoms with E-state index in [0.717, 1.165) is 13.1 Å². The van der Waals surface area contributed by atoms with Gasteiger partial charge in [0.15, 0.2) is 0 Å². The van der Waals surface area contributed by atoms with Gasteiger partial charge < -0.3 is 5.32 Å². The van der Waals surface area contributed by atoms with Crippen LogP contribution >= 0.6 is 0 Å². The molecule has 7 heavy (non-hydrogen) atoms. The summed E-state index contributed by atoms with van der Waals surface area (Å²) in [4.78, 5) is 3.97. The Morgan fingerprint density at radius 1 is 1.71 bits per heavy atom. The molecule has 0 saturated heterocycles. The second-order valence-corrected chi connectivity index (χ2v) is 1.29. The molecular formula is C5H12N2. The third-order valence-corrected chi connectivity index (χ3v) is 0.561. The van der Waals surface area contributed by atoms with Crippen LogP contribution < -0.4 is 5.32 Å². The first-order chi connectivity index (χ1) is 3.41. The highest BCUT2D eigenvalue weighted by atomic mass is 15.0. The van der Waals surface area contributed by atoms with Gasteiger partial charge in [0.1, 0.15) is 0 Å². The molecule has 0 aliphatic heterocycles. The molecule has 0 aromatic heterocycles. The molecule has 0 aromatic rings. The van der Waals surface area contributed by atoms with Crippen molar-refractivity contribution in [1.82, 2.24) is 5.32 Å². The molecule has 0 aromatic carbocycles. The summed E-state index contributed by atoms with van der Waals surface area (Å²) >= 11 is 0. The van der Waals surface area contributed by atoms with Gasteiger partial charge in [0.2, 0.25) is 0 Å². The Kier molecular flexibility index (Phi) is 5.33. The van der Waals surface area contributed by atoms with Crippen LogP contribution in [0.25, 0.3) is 0 Å². The van der Waals surface area contributed by atoms with E-state index < -0.39 is 0 Å². The molecule has 0 rings (SSSR count). The largest absolute Gasteiger partial charge is 0.301 e. The first-order valence-electron chi connectivity index (χ1n) is 2.54. The minimum absolute atomic E-state index is 0.744. The van der Waals surface area contributed by atoms with Crippen LogP contribution in [-0.2, 0) is 0 Å². The molecular weight excluding hydrogens is 88.1 g/mol. The second-order valence-electron chi connectivity index (χ2n) is 1.29. The van der Waals surface area contributed by atoms with E-state index in [0.29, 0.717) is 0 Å². The molecule has 0 saturated carbocycles. The van der Waals surface area contributed by atoms with Crippen LogP contribution in [0.1, 0.15) is 13.3 Å². The molecule has 2 heteroatoms. The molecule has 0 unspecified atom stereocenters. The lowest BCUT2D eigenvalue weighted by molar-refractivity contribution is 0.835. The number of aliphatic imine (C=N–C) groups is 1. The van der Waals surface area contributed by atoms with E-state index in [1.807, 2.05) is 13.3 Å². The quantitative estimate of drug-likeness (QED) is 0.517. The Labute approximate surface area is 44.6 Å². The highest BCUT2D eigenvalue weighted by molar-refractivity contribution is 5.56. The molecule has 0 atom stereocenters. The molecule has 42 valence electrons. The van der Waals surface area contributed by atoms with E-state index in [2.05, 4.69) is 17.2 Å². The average Bonchev–Trinajstić information content (AvgIpc) is 1.69. The van der Waals surface area contributed by atoms with Gasteiger partial charge in [-0.05, 0) is 13.5 Å². The van der Waals surface area contributed by atoms with Crippen molar-refractivity contribution in [3.05, 3.63) is 0 Å². The zero-order valence-electron chi connectivity index (χ0n) is 4.94. The lowest BCUT2D eigenvalue weighted by Gasteiger charge is -1.84. The molecule has 0 aliphatic rings. The van der Waals surface area contributed by atoms with E-state index in [1.165, 1.54) is 0 Å². The van der Waals surface area contributed by atoms with Gasteiger partial charge in [-0.3, -0.25) is 4.99 Å². The summed E-state index contributed by atoms with van der Waals surface area (Å²) in [6.07, 6.45) is 2.93. The van der Waals surface area contributed by atoms with Crippen LogP contribution in [-0.4, -0.2) is 19.9 Å². The molecule has 0 bridgehead atoms. The second kappa shape index (κ2) is 5.63. The van der Waals surface area contributed by atoms with Gasteiger partial charge in [0.25, 0.3) is 0 Å². The number of rotatable bonds is 3. The van der Waals surface area contributed by atoms with Crippen molar-refractivity contribution in [2.45, 2.75) is 13.3 Å². The van der Waals surface area contributed by atoms with Crippen LogP contribution in [0.2, 0.25) is 0 Å². The SMILES string of the molecule is CCC=NCNC. The minimum atomic E-state index is 0.744. The molecule has 0 radical (unpaired) electrons. The van der Waals surface area contributed by atoms with Crippen molar-refractivity contribution >= 4 is 6.21 Å². The summed E-state index contributed by atoms with van der Waals surface area (Å²) < 4.78 is 0. The fourth-order valence-electron chi connectivity index (χ4n) is 0.285. The van der Waals surface area contributed by atoms with Crippen molar-refractivity contribution in [3.63, 3.8) is 0 Å². The molecule has 0 aliphatic carbocycles. The highest BCUT2D eigenvalue weighted by Gasteiger charge is 1.65. The van der Waals surface area contributed by atoms with Crippen molar-refractivity contribution in [3.8, 4) is 0 Å². The maximum atomic E-state index is 3.97. The Morgan fingerprint density at radius 2 is 2.43 bits per heavy atom. The Bertz CT molecular complexity index is 50.0. The molecule has 2 nitrogen and oxygen atoms in total. The van der Waals surface area contributed by atoms with Gasteiger partial charge in [-0.1, -0.05) is 6.92 Å². The van der Waals surface area contributed by atoms with E-state index >= 15 is 0 Å². The van der Waals surface area contributed by atoms with Crippen LogP contribution in [0, 0.1) is 0 Å². The number of hydrogen-bond donors (Lipinski definition) is 1. The van der Waals surface area contributed by atoms with Gasteiger partial charge in [-0.2, -0.15) is 0 Å². The fraction of sp³-hybridized carbons (Fsp3) is 0.800. The average molecular weight is 100 g/mol. The monoisotopic (exact) mass is 100 g/mol. The maximum absolute atomic E-state index is 3.97. The van der Waals surface area contributed by atoms with Crippen molar-refractivity contribution in [2.24, 2.45) is 4.99 Å². The van der Waals surface area contributed by atoms with E-state index in [1.54, 1.807) is 0 Å². The normalized spacial score (nSPS) is 10.6. The molecule has 0 fully saturated rings. The lowest BCUT2D eigenvalue weighted by atomic mass is 10.5. The van der Waals surface area contributed by atoms with E-state index in [-0.39, 0.29) is 0 Å². The third-order valence-electron chi connectivity index (χ3n) is 0.561. The van der Waals surface area contributed by atoms with Gasteiger partial charge >= 0.3 is 0 Å². The van der Waals surface area contributed by atoms with Crippen molar-refractivity contribution in [1.29, 1.82) is 0 Å². The lowest BCUT2D eigenvalue weighted by Crippen LogP contribution is -2.04. The molecule has 0 heterocycles. The smallest absolute Gasteiger partial charge is 0.0878 e. The van der Waals surface area contributed by atoms with E-state index in [4.69, 9.17) is 0 Å². The van der Waals surface area contributed by atoms with Gasteiger partial charge in [-0.15, -0.1) is 0 Å². The summed E-state index contributed by atoms with van der Waals surface area (Å²) in [5.74, 6) is 0. The van der Waals surface area contributed by atoms with Crippen molar-refractivity contribution in [2.75, 3.05) is 13.7 Å². The third kappa shape index (κ3) is 5.63.